The molecule has 0 bridgehead atoms. The molecule has 1 atom stereocenters. The highest BCUT2D eigenvalue weighted by molar-refractivity contribution is 7.09. The fourth-order valence-corrected chi connectivity index (χ4v) is 1.81. The van der Waals surface area contributed by atoms with Crippen LogP contribution in [0.1, 0.15) is 25.6 Å². The van der Waals surface area contributed by atoms with Gasteiger partial charge in [-0.25, -0.2) is 4.79 Å². The van der Waals surface area contributed by atoms with E-state index in [4.69, 9.17) is 4.74 Å². The molecule has 1 aromatic rings. The van der Waals surface area contributed by atoms with Gasteiger partial charge in [0, 0.05) is 17.5 Å². The molecule has 0 fully saturated rings. The lowest BCUT2D eigenvalue weighted by Gasteiger charge is -2.21. The van der Waals surface area contributed by atoms with E-state index in [1.165, 1.54) is 11.3 Å². The number of carbonyl (C=O) groups is 2. The maximum Gasteiger partial charge on any atom is 0.408 e. The monoisotopic (exact) mass is 256 g/mol. The van der Waals surface area contributed by atoms with Gasteiger partial charge in [-0.2, -0.15) is 0 Å². The van der Waals surface area contributed by atoms with Crippen molar-refractivity contribution in [2.45, 2.75) is 38.8 Å². The van der Waals surface area contributed by atoms with Crippen LogP contribution in [0.2, 0.25) is 0 Å². The topological polar surface area (TPSA) is 68.3 Å². The number of aromatic nitrogens is 1. The third-order valence-electron chi connectivity index (χ3n) is 1.77. The van der Waals surface area contributed by atoms with Crippen LogP contribution in [0.5, 0.6) is 0 Å². The summed E-state index contributed by atoms with van der Waals surface area (Å²) in [4.78, 5) is 27.1. The molecule has 1 amide bonds. The number of aldehydes is 1. The number of amides is 1. The molecule has 0 unspecified atom stereocenters. The number of alkyl carbamates (subject to hydrolysis) is 1. The minimum absolute atomic E-state index is 0.438. The molecule has 0 aliphatic carbocycles. The van der Waals surface area contributed by atoms with E-state index in [0.717, 1.165) is 4.88 Å². The minimum atomic E-state index is -0.584. The summed E-state index contributed by atoms with van der Waals surface area (Å²) < 4.78 is 5.07. The number of thiazole rings is 1. The second-order valence-electron chi connectivity index (χ2n) is 4.56. The Morgan fingerprint density at radius 2 is 2.35 bits per heavy atom. The van der Waals surface area contributed by atoms with Gasteiger partial charge in [0.2, 0.25) is 0 Å². The first-order valence-corrected chi connectivity index (χ1v) is 6.11. The summed E-state index contributed by atoms with van der Waals surface area (Å²) in [5.74, 6) is 0. The Morgan fingerprint density at radius 1 is 1.65 bits per heavy atom. The molecule has 0 saturated carbocycles. The Bertz CT molecular complexity index is 371. The van der Waals surface area contributed by atoms with Crippen LogP contribution >= 0.6 is 11.3 Å². The first kappa shape index (κ1) is 13.6. The summed E-state index contributed by atoms with van der Waals surface area (Å²) in [6.45, 7) is 5.31. The lowest BCUT2D eigenvalue weighted by molar-refractivity contribution is -0.109. The quantitative estimate of drug-likeness (QED) is 0.834. The van der Waals surface area contributed by atoms with E-state index in [1.807, 2.05) is 0 Å². The van der Waals surface area contributed by atoms with E-state index in [2.05, 4.69) is 10.3 Å². The third-order valence-corrected chi connectivity index (χ3v) is 2.57. The highest BCUT2D eigenvalue weighted by Gasteiger charge is 2.19. The van der Waals surface area contributed by atoms with Crippen LogP contribution in [-0.4, -0.2) is 29.0 Å². The molecule has 1 rings (SSSR count). The van der Waals surface area contributed by atoms with Gasteiger partial charge in [-0.15, -0.1) is 11.3 Å². The van der Waals surface area contributed by atoms with Crippen molar-refractivity contribution in [3.63, 3.8) is 0 Å². The summed E-state index contributed by atoms with van der Waals surface area (Å²) in [5, 5.41) is 2.51. The molecule has 17 heavy (non-hydrogen) atoms. The van der Waals surface area contributed by atoms with Crippen molar-refractivity contribution in [2.24, 2.45) is 0 Å². The van der Waals surface area contributed by atoms with Crippen LogP contribution < -0.4 is 5.32 Å². The molecule has 0 spiro atoms. The number of hydrogen-bond acceptors (Lipinski definition) is 5. The predicted molar refractivity (Wildman–Crippen MR) is 65.0 cm³/mol. The summed E-state index contributed by atoms with van der Waals surface area (Å²) in [7, 11) is 0. The molecule has 6 heteroatoms. The molecule has 1 aromatic heterocycles. The van der Waals surface area contributed by atoms with Crippen molar-refractivity contribution in [2.75, 3.05) is 0 Å². The Morgan fingerprint density at radius 3 is 2.82 bits per heavy atom. The van der Waals surface area contributed by atoms with Gasteiger partial charge in [0.25, 0.3) is 0 Å². The van der Waals surface area contributed by atoms with Gasteiger partial charge in [0.05, 0.1) is 11.6 Å². The lowest BCUT2D eigenvalue weighted by Crippen LogP contribution is -2.41. The molecular weight excluding hydrogens is 240 g/mol. The van der Waals surface area contributed by atoms with Gasteiger partial charge < -0.3 is 14.8 Å². The van der Waals surface area contributed by atoms with Gasteiger partial charge in [-0.05, 0) is 20.8 Å². The van der Waals surface area contributed by atoms with Gasteiger partial charge in [0.1, 0.15) is 11.9 Å². The average molecular weight is 256 g/mol. The standard InChI is InChI=1S/C11H16N2O3S/c1-11(2,3)16-10(15)13-8(6-14)4-9-5-12-7-17-9/h5-8H,4H2,1-3H3,(H,13,15)/t8-/m0/s1. The molecule has 0 aliphatic heterocycles. The van der Waals surface area contributed by atoms with E-state index in [9.17, 15) is 9.59 Å². The van der Waals surface area contributed by atoms with Crippen molar-refractivity contribution in [3.05, 3.63) is 16.6 Å². The van der Waals surface area contributed by atoms with Crippen LogP contribution in [0.3, 0.4) is 0 Å². The van der Waals surface area contributed by atoms with Crippen molar-refractivity contribution in [1.29, 1.82) is 0 Å². The van der Waals surface area contributed by atoms with Gasteiger partial charge in [-0.3, -0.25) is 4.98 Å². The molecule has 0 aromatic carbocycles. The van der Waals surface area contributed by atoms with Crippen LogP contribution in [0.25, 0.3) is 0 Å². The van der Waals surface area contributed by atoms with Crippen molar-refractivity contribution in [1.82, 2.24) is 10.3 Å². The highest BCUT2D eigenvalue weighted by Crippen LogP contribution is 2.09. The second-order valence-corrected chi connectivity index (χ2v) is 5.53. The largest absolute Gasteiger partial charge is 0.444 e. The fourth-order valence-electron chi connectivity index (χ4n) is 1.15. The van der Waals surface area contributed by atoms with E-state index in [-0.39, 0.29) is 0 Å². The average Bonchev–Trinajstić information content (AvgIpc) is 2.66. The lowest BCUT2D eigenvalue weighted by atomic mass is 10.2. The molecule has 0 radical (unpaired) electrons. The molecule has 0 saturated heterocycles. The van der Waals surface area contributed by atoms with Gasteiger partial charge in [0.15, 0.2) is 0 Å². The SMILES string of the molecule is CC(C)(C)OC(=O)N[C@H](C=O)Cc1cncs1. The minimum Gasteiger partial charge on any atom is -0.444 e. The number of hydrogen-bond donors (Lipinski definition) is 1. The Kier molecular flexibility index (Phi) is 4.62. The van der Waals surface area contributed by atoms with Crippen LogP contribution in [0.15, 0.2) is 11.7 Å². The number of rotatable bonds is 4. The Labute approximate surface area is 104 Å². The first-order valence-electron chi connectivity index (χ1n) is 5.23. The maximum atomic E-state index is 11.5. The molecule has 5 nitrogen and oxygen atoms in total. The van der Waals surface area contributed by atoms with E-state index in [1.54, 1.807) is 32.5 Å². The van der Waals surface area contributed by atoms with Crippen LogP contribution in [0.4, 0.5) is 4.79 Å². The first-order chi connectivity index (χ1) is 7.90. The summed E-state index contributed by atoms with van der Waals surface area (Å²) >= 11 is 1.44. The second kappa shape index (κ2) is 5.77. The molecule has 1 heterocycles. The number of nitrogens with zero attached hydrogens (tertiary/aromatic N) is 1. The molecule has 94 valence electrons. The normalized spacial score (nSPS) is 12.9. The summed E-state index contributed by atoms with van der Waals surface area (Å²) in [6, 6.07) is -0.578. The smallest absolute Gasteiger partial charge is 0.408 e. The molecular formula is C11H16N2O3S. The zero-order valence-electron chi connectivity index (χ0n) is 10.1. The fraction of sp³-hybridized carbons (Fsp3) is 0.545. The third kappa shape index (κ3) is 5.44. The maximum absolute atomic E-state index is 11.5. The van der Waals surface area contributed by atoms with Crippen LogP contribution in [-0.2, 0) is 16.0 Å². The van der Waals surface area contributed by atoms with Crippen molar-refractivity contribution in [3.8, 4) is 0 Å². The van der Waals surface area contributed by atoms with Gasteiger partial charge >= 0.3 is 6.09 Å². The number of ether oxygens (including phenoxy) is 1. The summed E-state index contributed by atoms with van der Waals surface area (Å²) in [5.41, 5.74) is 1.12. The van der Waals surface area contributed by atoms with Crippen molar-refractivity contribution < 1.29 is 14.3 Å². The predicted octanol–water partition coefficient (Wildman–Crippen LogP) is 1.78. The zero-order chi connectivity index (χ0) is 12.9. The van der Waals surface area contributed by atoms with E-state index in [0.29, 0.717) is 12.7 Å². The van der Waals surface area contributed by atoms with Gasteiger partial charge in [-0.1, -0.05) is 0 Å². The zero-order valence-corrected chi connectivity index (χ0v) is 10.9. The van der Waals surface area contributed by atoms with Crippen LogP contribution in [0, 0.1) is 0 Å². The van der Waals surface area contributed by atoms with Crippen molar-refractivity contribution >= 4 is 23.7 Å². The molecule has 0 aliphatic rings. The van der Waals surface area contributed by atoms with E-state index < -0.39 is 17.7 Å². The number of nitrogens with one attached hydrogen (secondary N) is 1. The highest BCUT2D eigenvalue weighted by atomic mass is 32.1. The van der Waals surface area contributed by atoms with E-state index >= 15 is 0 Å². The Hall–Kier alpha value is -1.43. The summed E-state index contributed by atoms with van der Waals surface area (Å²) in [6.07, 6.45) is 2.23. The molecule has 1 N–H and O–H groups in total. The Balaban J connectivity index is 2.47. The number of carbonyl (C=O) groups excluding carboxylic acids is 2.